The molecule has 0 spiro atoms. The van der Waals surface area contributed by atoms with E-state index in [2.05, 4.69) is 15.6 Å². The second kappa shape index (κ2) is 7.47. The Bertz CT molecular complexity index is 693. The van der Waals surface area contributed by atoms with Gasteiger partial charge in [-0.25, -0.2) is 13.8 Å². The lowest BCUT2D eigenvalue weighted by atomic mass is 10.0. The molecule has 23 heavy (non-hydrogen) atoms. The Morgan fingerprint density at radius 2 is 2.13 bits per heavy atom. The number of carbonyl (C=O) groups excluding carboxylic acids is 1. The first kappa shape index (κ1) is 17.3. The van der Waals surface area contributed by atoms with Gasteiger partial charge in [-0.05, 0) is 31.5 Å². The van der Waals surface area contributed by atoms with Crippen molar-refractivity contribution in [3.63, 3.8) is 0 Å². The summed E-state index contributed by atoms with van der Waals surface area (Å²) in [4.78, 5) is 16.2. The highest BCUT2D eigenvalue weighted by Gasteiger charge is 2.21. The van der Waals surface area contributed by atoms with Crippen molar-refractivity contribution in [2.75, 3.05) is 11.9 Å². The molecule has 1 aromatic heterocycles. The molecule has 1 amide bonds. The first-order chi connectivity index (χ1) is 10.9. The van der Waals surface area contributed by atoms with Gasteiger partial charge in [0.05, 0.1) is 12.1 Å². The lowest BCUT2D eigenvalue weighted by Gasteiger charge is -2.20. The molecule has 0 bridgehead atoms. The van der Waals surface area contributed by atoms with E-state index in [1.165, 1.54) is 17.4 Å². The number of hydrogen-bond donors (Lipinski definition) is 3. The van der Waals surface area contributed by atoms with Gasteiger partial charge in [-0.2, -0.15) is 0 Å². The fourth-order valence-electron chi connectivity index (χ4n) is 1.96. The molecule has 2 rings (SSSR count). The van der Waals surface area contributed by atoms with Crippen LogP contribution in [-0.2, 0) is 0 Å². The third kappa shape index (κ3) is 4.23. The maximum Gasteiger partial charge on any atom is 0.271 e. The SMILES string of the molecule is CCNc1nc(C(=O)NC(C)C(O)c2ccc(F)c(F)c2)cs1. The Morgan fingerprint density at radius 1 is 1.39 bits per heavy atom. The molecule has 0 aliphatic carbocycles. The number of aromatic nitrogens is 1. The summed E-state index contributed by atoms with van der Waals surface area (Å²) in [6.45, 7) is 4.18. The maximum absolute atomic E-state index is 13.2. The topological polar surface area (TPSA) is 74.2 Å². The average Bonchev–Trinajstić information content (AvgIpc) is 2.98. The second-order valence-electron chi connectivity index (χ2n) is 4.95. The number of anilines is 1. The molecule has 5 nitrogen and oxygen atoms in total. The van der Waals surface area contributed by atoms with Crippen LogP contribution in [-0.4, -0.2) is 28.6 Å². The lowest BCUT2D eigenvalue weighted by Crippen LogP contribution is -2.37. The van der Waals surface area contributed by atoms with E-state index in [1.807, 2.05) is 6.92 Å². The van der Waals surface area contributed by atoms with Gasteiger partial charge in [0, 0.05) is 11.9 Å². The summed E-state index contributed by atoms with van der Waals surface area (Å²) < 4.78 is 26.1. The Hall–Kier alpha value is -2.06. The fourth-order valence-corrected chi connectivity index (χ4v) is 2.72. The van der Waals surface area contributed by atoms with E-state index in [-0.39, 0.29) is 11.3 Å². The first-order valence-corrected chi connectivity index (χ1v) is 7.93. The average molecular weight is 341 g/mol. The van der Waals surface area contributed by atoms with Gasteiger partial charge < -0.3 is 15.7 Å². The van der Waals surface area contributed by atoms with Crippen molar-refractivity contribution in [3.05, 3.63) is 46.5 Å². The number of carbonyl (C=O) groups is 1. The summed E-state index contributed by atoms with van der Waals surface area (Å²) >= 11 is 1.30. The standard InChI is InChI=1S/C15H17F2N3O2S/c1-3-18-15-20-12(7-23-15)14(22)19-8(2)13(21)9-4-5-10(16)11(17)6-9/h4-8,13,21H,3H2,1-2H3,(H,18,20)(H,19,22). The Kier molecular flexibility index (Phi) is 5.62. The summed E-state index contributed by atoms with van der Waals surface area (Å²) in [7, 11) is 0. The highest BCUT2D eigenvalue weighted by atomic mass is 32.1. The molecule has 3 N–H and O–H groups in total. The van der Waals surface area contributed by atoms with Crippen LogP contribution in [0.15, 0.2) is 23.6 Å². The fraction of sp³-hybridized carbons (Fsp3) is 0.333. The summed E-state index contributed by atoms with van der Waals surface area (Å²) in [6, 6.07) is 2.43. The molecule has 0 radical (unpaired) electrons. The minimum atomic E-state index is -1.17. The van der Waals surface area contributed by atoms with Gasteiger partial charge in [0.15, 0.2) is 16.8 Å². The number of nitrogens with one attached hydrogen (secondary N) is 2. The highest BCUT2D eigenvalue weighted by molar-refractivity contribution is 7.13. The number of aliphatic hydroxyl groups excluding tert-OH is 1. The van der Waals surface area contributed by atoms with Gasteiger partial charge in [0.2, 0.25) is 0 Å². The van der Waals surface area contributed by atoms with Crippen molar-refractivity contribution in [2.45, 2.75) is 26.0 Å². The van der Waals surface area contributed by atoms with E-state index in [0.29, 0.717) is 11.7 Å². The van der Waals surface area contributed by atoms with E-state index >= 15 is 0 Å². The lowest BCUT2D eigenvalue weighted by molar-refractivity contribution is 0.0847. The van der Waals surface area contributed by atoms with Gasteiger partial charge in [0.1, 0.15) is 5.69 Å². The van der Waals surface area contributed by atoms with Gasteiger partial charge in [-0.1, -0.05) is 6.07 Å². The van der Waals surface area contributed by atoms with Crippen LogP contribution in [0.2, 0.25) is 0 Å². The number of nitrogens with zero attached hydrogens (tertiary/aromatic N) is 1. The van der Waals surface area contributed by atoms with Crippen LogP contribution in [0, 0.1) is 11.6 Å². The minimum Gasteiger partial charge on any atom is -0.386 e. The number of amides is 1. The van der Waals surface area contributed by atoms with Gasteiger partial charge in [-0.15, -0.1) is 11.3 Å². The van der Waals surface area contributed by atoms with Crippen molar-refractivity contribution >= 4 is 22.4 Å². The zero-order chi connectivity index (χ0) is 17.0. The third-order valence-corrected chi connectivity index (χ3v) is 3.98. The maximum atomic E-state index is 13.2. The van der Waals surface area contributed by atoms with E-state index in [1.54, 1.807) is 12.3 Å². The van der Waals surface area contributed by atoms with Crippen LogP contribution < -0.4 is 10.6 Å². The molecule has 1 aromatic carbocycles. The number of hydrogen-bond acceptors (Lipinski definition) is 5. The zero-order valence-electron chi connectivity index (χ0n) is 12.6. The third-order valence-electron chi connectivity index (χ3n) is 3.18. The predicted molar refractivity (Wildman–Crippen MR) is 84.5 cm³/mol. The normalized spacial score (nSPS) is 13.4. The van der Waals surface area contributed by atoms with Crippen molar-refractivity contribution in [2.24, 2.45) is 0 Å². The van der Waals surface area contributed by atoms with Crippen LogP contribution >= 0.6 is 11.3 Å². The number of aliphatic hydroxyl groups is 1. The molecule has 2 atom stereocenters. The van der Waals surface area contributed by atoms with Gasteiger partial charge >= 0.3 is 0 Å². The summed E-state index contributed by atoms with van der Waals surface area (Å²) in [5, 5.41) is 18.0. The Morgan fingerprint density at radius 3 is 2.78 bits per heavy atom. The van der Waals surface area contributed by atoms with E-state index < -0.39 is 29.7 Å². The molecule has 0 saturated carbocycles. The molecule has 8 heteroatoms. The molecule has 2 unspecified atom stereocenters. The van der Waals surface area contributed by atoms with Crippen molar-refractivity contribution in [1.29, 1.82) is 0 Å². The second-order valence-corrected chi connectivity index (χ2v) is 5.81. The van der Waals surface area contributed by atoms with Crippen LogP contribution in [0.3, 0.4) is 0 Å². The number of thiazole rings is 1. The monoisotopic (exact) mass is 341 g/mol. The van der Waals surface area contributed by atoms with Crippen LogP contribution in [0.4, 0.5) is 13.9 Å². The quantitative estimate of drug-likeness (QED) is 0.755. The van der Waals surface area contributed by atoms with E-state index in [0.717, 1.165) is 12.1 Å². The zero-order valence-corrected chi connectivity index (χ0v) is 13.5. The highest BCUT2D eigenvalue weighted by Crippen LogP contribution is 2.20. The van der Waals surface area contributed by atoms with Crippen molar-refractivity contribution in [1.82, 2.24) is 10.3 Å². The molecule has 0 saturated heterocycles. The van der Waals surface area contributed by atoms with Crippen LogP contribution in [0.1, 0.15) is 36.0 Å². The molecule has 1 heterocycles. The first-order valence-electron chi connectivity index (χ1n) is 7.05. The predicted octanol–water partition coefficient (Wildman–Crippen LogP) is 2.71. The number of benzene rings is 1. The van der Waals surface area contributed by atoms with Gasteiger partial charge in [0.25, 0.3) is 5.91 Å². The summed E-state index contributed by atoms with van der Waals surface area (Å²) in [5.74, 6) is -2.48. The molecular formula is C15H17F2N3O2S. The number of rotatable bonds is 6. The molecule has 0 aliphatic rings. The Balaban J connectivity index is 2.03. The van der Waals surface area contributed by atoms with Crippen LogP contribution in [0.25, 0.3) is 0 Å². The summed E-state index contributed by atoms with van der Waals surface area (Å²) in [6.07, 6.45) is -1.17. The van der Waals surface area contributed by atoms with Gasteiger partial charge in [-0.3, -0.25) is 4.79 Å². The van der Waals surface area contributed by atoms with E-state index in [4.69, 9.17) is 0 Å². The number of halogens is 2. The molecule has 0 fully saturated rings. The molecule has 124 valence electrons. The largest absolute Gasteiger partial charge is 0.386 e. The van der Waals surface area contributed by atoms with Crippen LogP contribution in [0.5, 0.6) is 0 Å². The minimum absolute atomic E-state index is 0.184. The smallest absolute Gasteiger partial charge is 0.271 e. The van der Waals surface area contributed by atoms with Crippen molar-refractivity contribution < 1.29 is 18.7 Å². The molecule has 0 aliphatic heterocycles. The molecular weight excluding hydrogens is 324 g/mol. The van der Waals surface area contributed by atoms with E-state index in [9.17, 15) is 18.7 Å². The summed E-state index contributed by atoms with van der Waals surface area (Å²) in [5.41, 5.74) is 0.415. The molecule has 2 aromatic rings. The Labute approximate surface area is 136 Å². The van der Waals surface area contributed by atoms with Crippen molar-refractivity contribution in [3.8, 4) is 0 Å².